The average molecular weight is 400 g/mol. The van der Waals surface area contributed by atoms with Gasteiger partial charge in [0.15, 0.2) is 0 Å². The van der Waals surface area contributed by atoms with E-state index in [1.807, 2.05) is 38.1 Å². The number of nitrogens with one attached hydrogen (secondary N) is 2. The van der Waals surface area contributed by atoms with Gasteiger partial charge in [-0.25, -0.2) is 14.6 Å². The summed E-state index contributed by atoms with van der Waals surface area (Å²) in [5.74, 6) is 0.534. The molecule has 0 saturated heterocycles. The number of methoxy groups -OCH3 is 2. The monoisotopic (exact) mass is 400 g/mol. The molecular weight excluding hydrogens is 372 g/mol. The maximum atomic E-state index is 13.2. The number of hydrogen-bond donors (Lipinski definition) is 2. The number of urea groups is 1. The fourth-order valence-corrected chi connectivity index (χ4v) is 3.68. The zero-order valence-electron chi connectivity index (χ0n) is 17.3. The van der Waals surface area contributed by atoms with Gasteiger partial charge < -0.3 is 24.7 Å². The van der Waals surface area contributed by atoms with E-state index in [2.05, 4.69) is 15.3 Å². The van der Waals surface area contributed by atoms with Crippen molar-refractivity contribution >= 4 is 12.0 Å². The second kappa shape index (κ2) is 8.98. The molecule has 1 aliphatic rings. The summed E-state index contributed by atoms with van der Waals surface area (Å²) < 4.78 is 10.1. The second-order valence-corrected chi connectivity index (χ2v) is 7.54. The number of hydrogen-bond acceptors (Lipinski definition) is 5. The average Bonchev–Trinajstić information content (AvgIpc) is 3.20. The summed E-state index contributed by atoms with van der Waals surface area (Å²) in [7, 11) is 2.95. The number of H-pyrrole nitrogens is 1. The molecule has 1 aliphatic heterocycles. The van der Waals surface area contributed by atoms with Crippen LogP contribution in [0.5, 0.6) is 5.75 Å². The first kappa shape index (κ1) is 20.7. The van der Waals surface area contributed by atoms with Gasteiger partial charge in [0.1, 0.15) is 17.8 Å². The van der Waals surface area contributed by atoms with Crippen molar-refractivity contribution < 1.29 is 19.1 Å². The van der Waals surface area contributed by atoms with Crippen LogP contribution in [0.4, 0.5) is 4.79 Å². The zero-order valence-corrected chi connectivity index (χ0v) is 17.3. The van der Waals surface area contributed by atoms with Crippen LogP contribution in [-0.4, -0.2) is 53.7 Å². The number of fused-ring (bicyclic) bond motifs is 1. The Morgan fingerprint density at radius 3 is 2.62 bits per heavy atom. The lowest BCUT2D eigenvalue weighted by Gasteiger charge is -2.36. The molecule has 2 heterocycles. The van der Waals surface area contributed by atoms with E-state index < -0.39 is 12.0 Å². The minimum absolute atomic E-state index is 0.232. The van der Waals surface area contributed by atoms with Gasteiger partial charge in [0.25, 0.3) is 0 Å². The van der Waals surface area contributed by atoms with Crippen molar-refractivity contribution in [2.45, 2.75) is 38.8 Å². The van der Waals surface area contributed by atoms with Gasteiger partial charge in [0.2, 0.25) is 0 Å². The van der Waals surface area contributed by atoms with Gasteiger partial charge in [-0.3, -0.25) is 0 Å². The molecule has 1 unspecified atom stereocenters. The Labute approximate surface area is 170 Å². The maximum Gasteiger partial charge on any atom is 0.328 e. The highest BCUT2D eigenvalue weighted by Gasteiger charge is 2.35. The molecule has 0 fully saturated rings. The summed E-state index contributed by atoms with van der Waals surface area (Å²) >= 11 is 0. The zero-order chi connectivity index (χ0) is 21.0. The lowest BCUT2D eigenvalue weighted by Crippen LogP contribution is -2.51. The molecule has 1 aromatic carbocycles. The summed E-state index contributed by atoms with van der Waals surface area (Å²) in [5, 5.41) is 2.86. The third-order valence-corrected chi connectivity index (χ3v) is 5.11. The predicted octanol–water partition coefficient (Wildman–Crippen LogP) is 2.66. The molecule has 3 rings (SSSR count). The highest BCUT2D eigenvalue weighted by Crippen LogP contribution is 2.34. The van der Waals surface area contributed by atoms with E-state index in [1.165, 1.54) is 7.11 Å². The molecule has 8 heteroatoms. The molecule has 2 aromatic rings. The third-order valence-electron chi connectivity index (χ3n) is 5.11. The van der Waals surface area contributed by atoms with Crippen LogP contribution in [0.15, 0.2) is 30.6 Å². The summed E-state index contributed by atoms with van der Waals surface area (Å²) in [6, 6.07) is 6.23. The van der Waals surface area contributed by atoms with Crippen LogP contribution in [0, 0.1) is 5.92 Å². The number of aromatic amines is 1. The van der Waals surface area contributed by atoms with Gasteiger partial charge in [-0.15, -0.1) is 0 Å². The SMILES string of the molecule is COC(=O)[C@H](CC(C)C)NC(=O)N1CCc2[nH]cnc2C1c1ccc(OC)cc1. The van der Waals surface area contributed by atoms with Gasteiger partial charge in [-0.05, 0) is 30.0 Å². The lowest BCUT2D eigenvalue weighted by molar-refractivity contribution is -0.143. The Morgan fingerprint density at radius 1 is 1.28 bits per heavy atom. The molecule has 0 spiro atoms. The molecule has 1 aromatic heterocycles. The van der Waals surface area contributed by atoms with E-state index in [0.29, 0.717) is 19.4 Å². The van der Waals surface area contributed by atoms with Gasteiger partial charge in [0.05, 0.1) is 26.2 Å². The smallest absolute Gasteiger partial charge is 0.328 e. The molecule has 2 N–H and O–H groups in total. The van der Waals surface area contributed by atoms with Gasteiger partial charge in [-0.1, -0.05) is 26.0 Å². The number of amides is 2. The van der Waals surface area contributed by atoms with E-state index in [9.17, 15) is 9.59 Å². The van der Waals surface area contributed by atoms with Crippen molar-refractivity contribution in [2.75, 3.05) is 20.8 Å². The van der Waals surface area contributed by atoms with Gasteiger partial charge in [-0.2, -0.15) is 0 Å². The highest BCUT2D eigenvalue weighted by atomic mass is 16.5. The van der Waals surface area contributed by atoms with E-state index >= 15 is 0 Å². The number of esters is 1. The minimum Gasteiger partial charge on any atom is -0.497 e. The Kier molecular flexibility index (Phi) is 6.41. The number of nitrogens with zero attached hydrogens (tertiary/aromatic N) is 2. The molecule has 29 heavy (non-hydrogen) atoms. The number of aromatic nitrogens is 2. The van der Waals surface area contributed by atoms with Crippen LogP contribution in [0.1, 0.15) is 43.3 Å². The fraction of sp³-hybridized carbons (Fsp3) is 0.476. The van der Waals surface area contributed by atoms with Crippen LogP contribution in [0.3, 0.4) is 0 Å². The Bertz CT molecular complexity index is 847. The van der Waals surface area contributed by atoms with Crippen molar-refractivity contribution in [1.82, 2.24) is 20.2 Å². The Morgan fingerprint density at radius 2 is 2.00 bits per heavy atom. The molecule has 156 valence electrons. The summed E-state index contributed by atoms with van der Waals surface area (Å²) in [6.07, 6.45) is 2.83. The first-order valence-corrected chi connectivity index (χ1v) is 9.75. The highest BCUT2D eigenvalue weighted by molar-refractivity contribution is 5.84. The number of benzene rings is 1. The quantitative estimate of drug-likeness (QED) is 0.727. The summed E-state index contributed by atoms with van der Waals surface area (Å²) in [4.78, 5) is 34.7. The van der Waals surface area contributed by atoms with Crippen LogP contribution in [0.2, 0.25) is 0 Å². The largest absolute Gasteiger partial charge is 0.497 e. The van der Waals surface area contributed by atoms with Crippen LogP contribution in [0.25, 0.3) is 0 Å². The third kappa shape index (κ3) is 4.52. The lowest BCUT2D eigenvalue weighted by atomic mass is 9.95. The molecular formula is C21H28N4O4. The van der Waals surface area contributed by atoms with Gasteiger partial charge >= 0.3 is 12.0 Å². The molecule has 2 amide bonds. The van der Waals surface area contributed by atoms with Crippen molar-refractivity contribution in [2.24, 2.45) is 5.92 Å². The van der Waals surface area contributed by atoms with Crippen LogP contribution in [-0.2, 0) is 16.0 Å². The van der Waals surface area contributed by atoms with E-state index in [1.54, 1.807) is 18.3 Å². The molecule has 0 saturated carbocycles. The second-order valence-electron chi connectivity index (χ2n) is 7.54. The van der Waals surface area contributed by atoms with Crippen LogP contribution >= 0.6 is 0 Å². The van der Waals surface area contributed by atoms with Crippen molar-refractivity contribution in [3.05, 3.63) is 47.5 Å². The molecule has 8 nitrogen and oxygen atoms in total. The number of ether oxygens (including phenoxy) is 2. The van der Waals surface area contributed by atoms with Crippen molar-refractivity contribution in [1.29, 1.82) is 0 Å². The maximum absolute atomic E-state index is 13.2. The van der Waals surface area contributed by atoms with Crippen molar-refractivity contribution in [3.8, 4) is 5.75 Å². The first-order chi connectivity index (χ1) is 13.9. The topological polar surface area (TPSA) is 96.6 Å². The molecule has 2 atom stereocenters. The summed E-state index contributed by atoms with van der Waals surface area (Å²) in [5.41, 5.74) is 2.75. The Hall–Kier alpha value is -3.03. The molecule has 0 aliphatic carbocycles. The molecule has 0 radical (unpaired) electrons. The fourth-order valence-electron chi connectivity index (χ4n) is 3.68. The van der Waals surface area contributed by atoms with E-state index in [-0.39, 0.29) is 18.0 Å². The Balaban J connectivity index is 1.89. The number of rotatable bonds is 6. The normalized spacial score (nSPS) is 16.9. The van der Waals surface area contributed by atoms with Gasteiger partial charge in [0, 0.05) is 18.7 Å². The number of carbonyl (C=O) groups is 2. The first-order valence-electron chi connectivity index (χ1n) is 9.75. The van der Waals surface area contributed by atoms with E-state index in [4.69, 9.17) is 9.47 Å². The number of imidazole rings is 1. The van der Waals surface area contributed by atoms with Crippen molar-refractivity contribution in [3.63, 3.8) is 0 Å². The van der Waals surface area contributed by atoms with Crippen LogP contribution < -0.4 is 10.1 Å². The number of carbonyl (C=O) groups excluding carboxylic acids is 2. The minimum atomic E-state index is -0.690. The summed E-state index contributed by atoms with van der Waals surface area (Å²) in [6.45, 7) is 4.51. The predicted molar refractivity (Wildman–Crippen MR) is 108 cm³/mol. The standard InChI is InChI=1S/C21H28N4O4/c1-13(2)11-17(20(26)29-4)24-21(27)25-10-9-16-18(23-12-22-16)19(25)14-5-7-15(28-3)8-6-14/h5-8,12-13,17,19H,9-11H2,1-4H3,(H,22,23)(H,24,27)/t17-,19?/m0/s1. The molecule has 0 bridgehead atoms. The van der Waals surface area contributed by atoms with E-state index in [0.717, 1.165) is 22.7 Å².